The van der Waals surface area contributed by atoms with E-state index in [2.05, 4.69) is 37.2 Å². The van der Waals surface area contributed by atoms with Crippen molar-refractivity contribution >= 4 is 5.82 Å². The summed E-state index contributed by atoms with van der Waals surface area (Å²) in [4.78, 5) is 8.92. The molecule has 0 saturated heterocycles. The molecule has 2 aromatic heterocycles. The third kappa shape index (κ3) is 2.37. The van der Waals surface area contributed by atoms with Crippen LogP contribution < -0.4 is 5.73 Å². The Balaban J connectivity index is 2.62. The van der Waals surface area contributed by atoms with Crippen molar-refractivity contribution in [3.05, 3.63) is 18.3 Å². The molecule has 0 aliphatic heterocycles. The first kappa shape index (κ1) is 13.6. The quantitative estimate of drug-likeness (QED) is 0.923. The van der Waals surface area contributed by atoms with Crippen LogP contribution in [0.25, 0.3) is 11.4 Å². The summed E-state index contributed by atoms with van der Waals surface area (Å²) in [6.45, 7) is 9.52. The highest BCUT2D eigenvalue weighted by atomic mass is 15.2. The van der Waals surface area contributed by atoms with Crippen molar-refractivity contribution in [2.24, 2.45) is 7.05 Å². The van der Waals surface area contributed by atoms with E-state index in [-0.39, 0.29) is 5.41 Å². The molecule has 2 N–H and O–H groups in total. The highest BCUT2D eigenvalue weighted by Gasteiger charge is 2.25. The van der Waals surface area contributed by atoms with E-state index >= 15 is 0 Å². The summed E-state index contributed by atoms with van der Waals surface area (Å²) in [5.41, 5.74) is 8.07. The second-order valence-electron chi connectivity index (χ2n) is 5.96. The van der Waals surface area contributed by atoms with Gasteiger partial charge < -0.3 is 14.9 Å². The second kappa shape index (κ2) is 4.72. The Bertz CT molecular complexity index is 571. The SMILES string of the molecule is CCCn1c(C(C)(C)C)nc(-c2cncn2C)c1N. The van der Waals surface area contributed by atoms with Crippen LogP contribution in [0.1, 0.15) is 39.9 Å². The smallest absolute Gasteiger partial charge is 0.133 e. The molecule has 0 aliphatic carbocycles. The summed E-state index contributed by atoms with van der Waals surface area (Å²) < 4.78 is 4.07. The van der Waals surface area contributed by atoms with Crippen LogP contribution in [0.2, 0.25) is 0 Å². The molecule has 0 amide bonds. The zero-order valence-electron chi connectivity index (χ0n) is 12.4. The summed E-state index contributed by atoms with van der Waals surface area (Å²) in [7, 11) is 1.96. The predicted molar refractivity (Wildman–Crippen MR) is 77.8 cm³/mol. The molecule has 0 bridgehead atoms. The van der Waals surface area contributed by atoms with Crippen molar-refractivity contribution in [2.45, 2.75) is 46.1 Å². The first-order valence-corrected chi connectivity index (χ1v) is 6.69. The second-order valence-corrected chi connectivity index (χ2v) is 5.96. The molecular weight excluding hydrogens is 238 g/mol. The van der Waals surface area contributed by atoms with Gasteiger partial charge in [0.2, 0.25) is 0 Å². The van der Waals surface area contributed by atoms with Gasteiger partial charge in [-0.15, -0.1) is 0 Å². The van der Waals surface area contributed by atoms with Gasteiger partial charge in [-0.1, -0.05) is 27.7 Å². The van der Waals surface area contributed by atoms with Gasteiger partial charge in [0.1, 0.15) is 17.3 Å². The van der Waals surface area contributed by atoms with Gasteiger partial charge in [-0.3, -0.25) is 0 Å². The fourth-order valence-electron chi connectivity index (χ4n) is 2.26. The summed E-state index contributed by atoms with van der Waals surface area (Å²) in [6.07, 6.45) is 4.61. The molecule has 2 rings (SSSR count). The summed E-state index contributed by atoms with van der Waals surface area (Å²) in [5, 5.41) is 0. The van der Waals surface area contributed by atoms with Gasteiger partial charge in [0.25, 0.3) is 0 Å². The molecule has 0 spiro atoms. The van der Waals surface area contributed by atoms with Crippen molar-refractivity contribution in [2.75, 3.05) is 5.73 Å². The number of hydrogen-bond acceptors (Lipinski definition) is 3. The molecule has 2 heterocycles. The van der Waals surface area contributed by atoms with Gasteiger partial charge in [0, 0.05) is 19.0 Å². The molecule has 19 heavy (non-hydrogen) atoms. The number of nitrogens with two attached hydrogens (primary N) is 1. The third-order valence-corrected chi connectivity index (χ3v) is 3.18. The highest BCUT2D eigenvalue weighted by molar-refractivity contribution is 5.68. The van der Waals surface area contributed by atoms with E-state index in [1.165, 1.54) is 0 Å². The van der Waals surface area contributed by atoms with Gasteiger partial charge in [-0.25, -0.2) is 9.97 Å². The van der Waals surface area contributed by atoms with E-state index in [0.717, 1.165) is 36.0 Å². The van der Waals surface area contributed by atoms with Crippen LogP contribution in [0.4, 0.5) is 5.82 Å². The van der Waals surface area contributed by atoms with Crippen LogP contribution in [-0.2, 0) is 19.0 Å². The van der Waals surface area contributed by atoms with Crippen molar-refractivity contribution in [1.82, 2.24) is 19.1 Å². The Morgan fingerprint density at radius 2 is 2.00 bits per heavy atom. The van der Waals surface area contributed by atoms with Crippen molar-refractivity contribution in [3.63, 3.8) is 0 Å². The van der Waals surface area contributed by atoms with Crippen molar-refractivity contribution < 1.29 is 0 Å². The molecule has 0 fully saturated rings. The number of nitrogen functional groups attached to an aromatic ring is 1. The first-order valence-electron chi connectivity index (χ1n) is 6.69. The summed E-state index contributed by atoms with van der Waals surface area (Å²) >= 11 is 0. The van der Waals surface area contributed by atoms with Crippen LogP contribution in [0.5, 0.6) is 0 Å². The minimum Gasteiger partial charge on any atom is -0.383 e. The van der Waals surface area contributed by atoms with Crippen LogP contribution in [0.15, 0.2) is 12.5 Å². The number of imidazole rings is 2. The molecule has 0 unspecified atom stereocenters. The van der Waals surface area contributed by atoms with Gasteiger partial charge in [0.15, 0.2) is 0 Å². The Morgan fingerprint density at radius 3 is 2.47 bits per heavy atom. The molecule has 0 atom stereocenters. The Labute approximate surface area is 114 Å². The Kier molecular flexibility index (Phi) is 3.39. The molecule has 0 saturated carbocycles. The van der Waals surface area contributed by atoms with Gasteiger partial charge in [-0.05, 0) is 6.42 Å². The van der Waals surface area contributed by atoms with Crippen molar-refractivity contribution in [1.29, 1.82) is 0 Å². The van der Waals surface area contributed by atoms with Gasteiger partial charge in [-0.2, -0.15) is 0 Å². The minimum absolute atomic E-state index is 0.0276. The average Bonchev–Trinajstić information content (AvgIpc) is 2.84. The predicted octanol–water partition coefficient (Wildman–Crippen LogP) is 2.57. The zero-order chi connectivity index (χ0) is 14.2. The molecule has 2 aromatic rings. The maximum Gasteiger partial charge on any atom is 0.133 e. The maximum absolute atomic E-state index is 6.31. The highest BCUT2D eigenvalue weighted by Crippen LogP contribution is 2.31. The van der Waals surface area contributed by atoms with Gasteiger partial charge >= 0.3 is 0 Å². The molecule has 0 aliphatic rings. The van der Waals surface area contributed by atoms with Crippen molar-refractivity contribution in [3.8, 4) is 11.4 Å². The van der Waals surface area contributed by atoms with E-state index in [0.29, 0.717) is 0 Å². The van der Waals surface area contributed by atoms with Crippen LogP contribution >= 0.6 is 0 Å². The normalized spacial score (nSPS) is 12.1. The van der Waals surface area contributed by atoms with E-state index in [4.69, 9.17) is 10.7 Å². The summed E-state index contributed by atoms with van der Waals surface area (Å²) in [6, 6.07) is 0. The number of anilines is 1. The number of aromatic nitrogens is 4. The monoisotopic (exact) mass is 261 g/mol. The maximum atomic E-state index is 6.31. The fraction of sp³-hybridized carbons (Fsp3) is 0.571. The third-order valence-electron chi connectivity index (χ3n) is 3.18. The molecular formula is C14H23N5. The lowest BCUT2D eigenvalue weighted by Gasteiger charge is -2.19. The average molecular weight is 261 g/mol. The lowest BCUT2D eigenvalue weighted by molar-refractivity contribution is 0.498. The molecule has 0 radical (unpaired) electrons. The largest absolute Gasteiger partial charge is 0.383 e. The van der Waals surface area contributed by atoms with Crippen LogP contribution in [0, 0.1) is 0 Å². The van der Waals surface area contributed by atoms with E-state index in [1.54, 1.807) is 12.5 Å². The van der Waals surface area contributed by atoms with Gasteiger partial charge in [0.05, 0.1) is 18.2 Å². The number of rotatable bonds is 3. The topological polar surface area (TPSA) is 61.7 Å². The van der Waals surface area contributed by atoms with E-state index in [1.807, 2.05) is 11.6 Å². The number of hydrogen-bond donors (Lipinski definition) is 1. The zero-order valence-corrected chi connectivity index (χ0v) is 12.4. The molecule has 5 heteroatoms. The lowest BCUT2D eigenvalue weighted by atomic mass is 9.95. The van der Waals surface area contributed by atoms with E-state index < -0.39 is 0 Å². The van der Waals surface area contributed by atoms with Crippen LogP contribution in [-0.4, -0.2) is 19.1 Å². The Morgan fingerprint density at radius 1 is 1.32 bits per heavy atom. The minimum atomic E-state index is -0.0276. The fourth-order valence-corrected chi connectivity index (χ4v) is 2.26. The number of aryl methyl sites for hydroxylation is 1. The first-order chi connectivity index (χ1) is 8.86. The Hall–Kier alpha value is -1.78. The molecule has 0 aromatic carbocycles. The van der Waals surface area contributed by atoms with Crippen LogP contribution in [0.3, 0.4) is 0 Å². The molecule has 5 nitrogen and oxygen atoms in total. The lowest BCUT2D eigenvalue weighted by Crippen LogP contribution is -2.19. The summed E-state index contributed by atoms with van der Waals surface area (Å²) in [5.74, 6) is 1.76. The standard InChI is InChI=1S/C14H23N5/c1-6-7-19-12(15)11(10-8-16-9-18(10)5)17-13(19)14(2,3)4/h8-9H,6-7,15H2,1-5H3. The van der Waals surface area contributed by atoms with E-state index in [9.17, 15) is 0 Å². The molecule has 104 valence electrons. The number of nitrogens with zero attached hydrogens (tertiary/aromatic N) is 4.